The summed E-state index contributed by atoms with van der Waals surface area (Å²) in [5.41, 5.74) is 0.688. The molecule has 1 atom stereocenters. The summed E-state index contributed by atoms with van der Waals surface area (Å²) in [6.45, 7) is 2.70. The Hall–Kier alpha value is -1.57. The normalized spacial score (nSPS) is 19.8. The number of amides is 2. The quantitative estimate of drug-likeness (QED) is 0.728. The molecule has 3 heterocycles. The van der Waals surface area contributed by atoms with Crippen molar-refractivity contribution in [3.63, 3.8) is 0 Å². The van der Waals surface area contributed by atoms with Crippen molar-refractivity contribution in [1.82, 2.24) is 15.6 Å². The average molecular weight is 376 g/mol. The van der Waals surface area contributed by atoms with Crippen LogP contribution >= 0.6 is 24.8 Å². The van der Waals surface area contributed by atoms with Crippen molar-refractivity contribution in [1.29, 1.82) is 0 Å². The molecule has 9 heteroatoms. The first kappa shape index (κ1) is 20.5. The van der Waals surface area contributed by atoms with E-state index >= 15 is 0 Å². The standard InChI is InChI=1S/C15H21N5O2.2ClH/c21-14(8-11-2-1-5-16-11)19-12-3-4-13(18-9-12)20-7-6-17-15(22)10-20;;/h3-4,9,11,16H,1-2,5-8,10H2,(H,17,22)(H,19,21);2*1H. The number of halogens is 2. The average Bonchev–Trinajstić information content (AvgIpc) is 3.01. The number of nitrogens with one attached hydrogen (secondary N) is 3. The molecule has 2 fully saturated rings. The van der Waals surface area contributed by atoms with Gasteiger partial charge in [0, 0.05) is 25.6 Å². The molecule has 0 radical (unpaired) electrons. The second-order valence-electron chi connectivity index (χ2n) is 5.72. The van der Waals surface area contributed by atoms with Crippen LogP contribution in [0.3, 0.4) is 0 Å². The maximum atomic E-state index is 12.0. The van der Waals surface area contributed by atoms with Gasteiger partial charge in [0.15, 0.2) is 0 Å². The van der Waals surface area contributed by atoms with Gasteiger partial charge in [0.05, 0.1) is 18.4 Å². The summed E-state index contributed by atoms with van der Waals surface area (Å²) in [5.74, 6) is 0.770. The van der Waals surface area contributed by atoms with E-state index in [1.165, 1.54) is 0 Å². The Balaban J connectivity index is 0.00000144. The van der Waals surface area contributed by atoms with E-state index in [-0.39, 0.29) is 36.6 Å². The number of pyridine rings is 1. The molecule has 0 aliphatic carbocycles. The Labute approximate surface area is 153 Å². The molecule has 0 bridgehead atoms. The van der Waals surface area contributed by atoms with Gasteiger partial charge in [0.1, 0.15) is 5.82 Å². The first-order valence-corrected chi connectivity index (χ1v) is 7.71. The number of carbonyl (C=O) groups excluding carboxylic acids is 2. The van der Waals surface area contributed by atoms with Crippen LogP contribution in [0.25, 0.3) is 0 Å². The summed E-state index contributed by atoms with van der Waals surface area (Å²) in [6, 6.07) is 3.95. The van der Waals surface area contributed by atoms with Crippen LogP contribution in [0.15, 0.2) is 18.3 Å². The van der Waals surface area contributed by atoms with E-state index in [9.17, 15) is 9.59 Å². The van der Waals surface area contributed by atoms with Crippen molar-refractivity contribution >= 4 is 48.1 Å². The maximum absolute atomic E-state index is 12.0. The zero-order valence-corrected chi connectivity index (χ0v) is 14.9. The van der Waals surface area contributed by atoms with Crippen LogP contribution in [0.1, 0.15) is 19.3 Å². The first-order valence-electron chi connectivity index (χ1n) is 7.71. The van der Waals surface area contributed by atoms with Crippen LogP contribution in [-0.4, -0.2) is 49.0 Å². The molecule has 134 valence electrons. The van der Waals surface area contributed by atoms with E-state index in [1.807, 2.05) is 17.0 Å². The highest BCUT2D eigenvalue weighted by Gasteiger charge is 2.19. The lowest BCUT2D eigenvalue weighted by molar-refractivity contribution is -0.120. The molecule has 2 aliphatic heterocycles. The molecular weight excluding hydrogens is 353 g/mol. The molecule has 3 rings (SSSR count). The molecule has 0 spiro atoms. The highest BCUT2D eigenvalue weighted by molar-refractivity contribution is 5.91. The van der Waals surface area contributed by atoms with Crippen molar-refractivity contribution in [2.45, 2.75) is 25.3 Å². The lowest BCUT2D eigenvalue weighted by Crippen LogP contribution is -2.48. The molecule has 3 N–H and O–H groups in total. The van der Waals surface area contributed by atoms with Gasteiger partial charge in [-0.15, -0.1) is 24.8 Å². The fourth-order valence-electron chi connectivity index (χ4n) is 2.85. The fourth-order valence-corrected chi connectivity index (χ4v) is 2.85. The summed E-state index contributed by atoms with van der Waals surface area (Å²) in [7, 11) is 0. The number of hydrogen-bond acceptors (Lipinski definition) is 5. The van der Waals surface area contributed by atoms with E-state index in [4.69, 9.17) is 0 Å². The minimum absolute atomic E-state index is 0. The van der Waals surface area contributed by atoms with Crippen LogP contribution in [0.5, 0.6) is 0 Å². The maximum Gasteiger partial charge on any atom is 0.239 e. The van der Waals surface area contributed by atoms with Gasteiger partial charge >= 0.3 is 0 Å². The van der Waals surface area contributed by atoms with E-state index in [0.29, 0.717) is 31.2 Å². The molecular formula is C15H23Cl2N5O2. The Kier molecular flexibility index (Phi) is 8.24. The van der Waals surface area contributed by atoms with Gasteiger partial charge in [-0.05, 0) is 31.5 Å². The molecule has 0 saturated carbocycles. The van der Waals surface area contributed by atoms with Gasteiger partial charge < -0.3 is 20.9 Å². The molecule has 0 aromatic carbocycles. The van der Waals surface area contributed by atoms with Gasteiger partial charge in [-0.25, -0.2) is 4.98 Å². The summed E-state index contributed by atoms with van der Waals surface area (Å²) in [5, 5.41) is 8.96. The first-order chi connectivity index (χ1) is 10.7. The summed E-state index contributed by atoms with van der Waals surface area (Å²) in [4.78, 5) is 29.6. The van der Waals surface area contributed by atoms with Gasteiger partial charge in [-0.2, -0.15) is 0 Å². The minimum atomic E-state index is 0. The highest BCUT2D eigenvalue weighted by Crippen LogP contribution is 2.16. The van der Waals surface area contributed by atoms with Gasteiger partial charge in [-0.3, -0.25) is 9.59 Å². The number of carbonyl (C=O) groups is 2. The summed E-state index contributed by atoms with van der Waals surface area (Å²) < 4.78 is 0. The third kappa shape index (κ3) is 5.51. The van der Waals surface area contributed by atoms with Crippen LogP contribution in [-0.2, 0) is 9.59 Å². The number of rotatable bonds is 4. The number of piperazine rings is 1. The van der Waals surface area contributed by atoms with Gasteiger partial charge in [0.25, 0.3) is 0 Å². The molecule has 1 unspecified atom stereocenters. The predicted molar refractivity (Wildman–Crippen MR) is 98.2 cm³/mol. The molecule has 2 saturated heterocycles. The molecule has 24 heavy (non-hydrogen) atoms. The predicted octanol–water partition coefficient (Wildman–Crippen LogP) is 0.942. The molecule has 2 aliphatic rings. The number of anilines is 2. The van der Waals surface area contributed by atoms with Crippen molar-refractivity contribution in [2.24, 2.45) is 0 Å². The Morgan fingerprint density at radius 1 is 1.33 bits per heavy atom. The molecule has 1 aromatic rings. The zero-order chi connectivity index (χ0) is 15.4. The fraction of sp³-hybridized carbons (Fsp3) is 0.533. The van der Waals surface area contributed by atoms with Crippen molar-refractivity contribution < 1.29 is 9.59 Å². The van der Waals surface area contributed by atoms with Crippen LogP contribution in [0.2, 0.25) is 0 Å². The van der Waals surface area contributed by atoms with Crippen LogP contribution in [0, 0.1) is 0 Å². The third-order valence-corrected chi connectivity index (χ3v) is 3.99. The molecule has 7 nitrogen and oxygen atoms in total. The number of nitrogens with zero attached hydrogens (tertiary/aromatic N) is 2. The lowest BCUT2D eigenvalue weighted by atomic mass is 10.1. The third-order valence-electron chi connectivity index (χ3n) is 3.99. The topological polar surface area (TPSA) is 86.4 Å². The smallest absolute Gasteiger partial charge is 0.239 e. The van der Waals surface area contributed by atoms with Crippen molar-refractivity contribution in [3.8, 4) is 0 Å². The Bertz CT molecular complexity index is 549. The van der Waals surface area contributed by atoms with E-state index in [1.54, 1.807) is 6.20 Å². The van der Waals surface area contributed by atoms with Crippen LogP contribution in [0.4, 0.5) is 11.5 Å². The number of aromatic nitrogens is 1. The Morgan fingerprint density at radius 3 is 2.79 bits per heavy atom. The molecule has 2 amide bonds. The zero-order valence-electron chi connectivity index (χ0n) is 13.3. The second kappa shape index (κ2) is 9.66. The second-order valence-corrected chi connectivity index (χ2v) is 5.72. The monoisotopic (exact) mass is 375 g/mol. The van der Waals surface area contributed by atoms with E-state index in [2.05, 4.69) is 20.9 Å². The van der Waals surface area contributed by atoms with Crippen LogP contribution < -0.4 is 20.9 Å². The van der Waals surface area contributed by atoms with Crippen molar-refractivity contribution in [2.75, 3.05) is 36.4 Å². The summed E-state index contributed by atoms with van der Waals surface area (Å²) in [6.07, 6.45) is 4.33. The van der Waals surface area contributed by atoms with E-state index < -0.39 is 0 Å². The largest absolute Gasteiger partial charge is 0.353 e. The highest BCUT2D eigenvalue weighted by atomic mass is 35.5. The minimum Gasteiger partial charge on any atom is -0.353 e. The van der Waals surface area contributed by atoms with E-state index in [0.717, 1.165) is 31.7 Å². The lowest BCUT2D eigenvalue weighted by Gasteiger charge is -2.27. The number of hydrogen-bond donors (Lipinski definition) is 3. The SMILES string of the molecule is Cl.Cl.O=C1CN(c2ccc(NC(=O)CC3CCCN3)cn2)CCN1. The Morgan fingerprint density at radius 2 is 2.17 bits per heavy atom. The van der Waals surface area contributed by atoms with Gasteiger partial charge in [0.2, 0.25) is 11.8 Å². The van der Waals surface area contributed by atoms with Gasteiger partial charge in [-0.1, -0.05) is 0 Å². The molecule has 1 aromatic heterocycles. The summed E-state index contributed by atoms with van der Waals surface area (Å²) >= 11 is 0. The van der Waals surface area contributed by atoms with Crippen molar-refractivity contribution in [3.05, 3.63) is 18.3 Å².